The minimum absolute atomic E-state index is 0.411. The van der Waals surface area contributed by atoms with Crippen LogP contribution in [0.15, 0.2) is 48.8 Å². The third-order valence-corrected chi connectivity index (χ3v) is 5.13. The number of benzene rings is 1. The summed E-state index contributed by atoms with van der Waals surface area (Å²) in [6, 6.07) is 12.4. The Balaban J connectivity index is 1.65. The van der Waals surface area contributed by atoms with Gasteiger partial charge in [-0.3, -0.25) is 4.98 Å². The van der Waals surface area contributed by atoms with Crippen molar-refractivity contribution in [2.45, 2.75) is 18.4 Å². The van der Waals surface area contributed by atoms with Crippen LogP contribution in [0.3, 0.4) is 0 Å². The maximum Gasteiger partial charge on any atom is 0.105 e. The predicted octanol–water partition coefficient (Wildman–Crippen LogP) is 2.66. The fourth-order valence-electron chi connectivity index (χ4n) is 3.86. The molecule has 4 heterocycles. The molecule has 0 spiro atoms. The van der Waals surface area contributed by atoms with Gasteiger partial charge in [-0.2, -0.15) is 0 Å². The minimum atomic E-state index is -0.659. The molecule has 3 aliphatic heterocycles. The van der Waals surface area contributed by atoms with E-state index in [0.717, 1.165) is 43.6 Å². The molecule has 0 saturated carbocycles. The van der Waals surface area contributed by atoms with Gasteiger partial charge in [0.15, 0.2) is 0 Å². The van der Waals surface area contributed by atoms with Crippen LogP contribution in [-0.4, -0.2) is 34.6 Å². The van der Waals surface area contributed by atoms with Gasteiger partial charge in [0.2, 0.25) is 0 Å². The minimum Gasteiger partial charge on any atom is -0.384 e. The Morgan fingerprint density at radius 2 is 1.57 bits per heavy atom. The van der Waals surface area contributed by atoms with Gasteiger partial charge < -0.3 is 10.0 Å². The number of aliphatic hydroxyl groups is 1. The molecule has 3 saturated heterocycles. The van der Waals surface area contributed by atoms with Crippen molar-refractivity contribution in [1.29, 1.82) is 0 Å². The molecule has 1 atom stereocenters. The van der Waals surface area contributed by atoms with Gasteiger partial charge in [-0.15, -0.1) is 0 Å². The van der Waals surface area contributed by atoms with Gasteiger partial charge in [-0.25, -0.2) is 0 Å². The van der Waals surface area contributed by atoms with Gasteiger partial charge in [-0.1, -0.05) is 24.3 Å². The topological polar surface area (TPSA) is 36.4 Å². The summed E-state index contributed by atoms with van der Waals surface area (Å²) >= 11 is 0. The summed E-state index contributed by atoms with van der Waals surface area (Å²) in [5.74, 6) is 0.411. The summed E-state index contributed by atoms with van der Waals surface area (Å²) < 4.78 is 0. The van der Waals surface area contributed by atoms with Crippen molar-refractivity contribution in [2.75, 3.05) is 19.6 Å². The lowest BCUT2D eigenvalue weighted by atomic mass is 9.71. The molecule has 1 aromatic heterocycles. The van der Waals surface area contributed by atoms with Crippen LogP contribution in [0, 0.1) is 5.92 Å². The number of hydrogen-bond acceptors (Lipinski definition) is 3. The summed E-state index contributed by atoms with van der Waals surface area (Å²) in [7, 11) is 0. The Labute approximate surface area is 125 Å². The molecule has 1 N–H and O–H groups in total. The van der Waals surface area contributed by atoms with E-state index in [1.54, 1.807) is 0 Å². The molecule has 3 aliphatic rings. The zero-order chi connectivity index (χ0) is 14.3. The van der Waals surface area contributed by atoms with Gasteiger partial charge in [0.05, 0.1) is 0 Å². The molecule has 21 heavy (non-hydrogen) atoms. The van der Waals surface area contributed by atoms with Crippen LogP contribution >= 0.6 is 0 Å². The van der Waals surface area contributed by atoms with Crippen molar-refractivity contribution in [3.05, 3.63) is 54.4 Å². The molecular weight excluding hydrogens is 260 g/mol. The van der Waals surface area contributed by atoms with Crippen LogP contribution < -0.4 is 0 Å². The van der Waals surface area contributed by atoms with Gasteiger partial charge in [-0.05, 0) is 60.7 Å². The van der Waals surface area contributed by atoms with Crippen molar-refractivity contribution < 1.29 is 5.11 Å². The highest BCUT2D eigenvalue weighted by molar-refractivity contribution is 5.63. The lowest BCUT2D eigenvalue weighted by Gasteiger charge is -2.50. The highest BCUT2D eigenvalue weighted by Crippen LogP contribution is 2.42. The van der Waals surface area contributed by atoms with E-state index in [-0.39, 0.29) is 0 Å². The van der Waals surface area contributed by atoms with Gasteiger partial charge in [0.1, 0.15) is 5.60 Å². The van der Waals surface area contributed by atoms with E-state index < -0.39 is 5.60 Å². The summed E-state index contributed by atoms with van der Waals surface area (Å²) in [5.41, 5.74) is 2.74. The van der Waals surface area contributed by atoms with Gasteiger partial charge in [0, 0.05) is 18.9 Å². The highest BCUT2D eigenvalue weighted by Gasteiger charge is 2.46. The molecular formula is C18H20N2O. The Morgan fingerprint density at radius 1 is 0.952 bits per heavy atom. The van der Waals surface area contributed by atoms with Crippen LogP contribution in [0.4, 0.5) is 0 Å². The molecule has 0 unspecified atom stereocenters. The summed E-state index contributed by atoms with van der Waals surface area (Å²) in [6.45, 7) is 3.07. The molecule has 3 fully saturated rings. The van der Waals surface area contributed by atoms with Gasteiger partial charge >= 0.3 is 0 Å². The Kier molecular flexibility index (Phi) is 3.05. The first-order valence-corrected chi connectivity index (χ1v) is 7.71. The number of pyridine rings is 1. The number of hydrogen-bond donors (Lipinski definition) is 1. The molecule has 5 rings (SSSR count). The SMILES string of the molecule is O[C@@]1(c2ccc(-c3ccncc3)cc2)CN2CCC1CC2. The number of aromatic nitrogens is 1. The maximum absolute atomic E-state index is 11.1. The number of nitrogens with zero attached hydrogens (tertiary/aromatic N) is 2. The molecule has 2 bridgehead atoms. The second-order valence-electron chi connectivity index (χ2n) is 6.29. The van der Waals surface area contributed by atoms with E-state index in [0.29, 0.717) is 5.92 Å². The van der Waals surface area contributed by atoms with E-state index in [1.165, 1.54) is 5.56 Å². The van der Waals surface area contributed by atoms with E-state index >= 15 is 0 Å². The first kappa shape index (κ1) is 13.0. The molecule has 3 heteroatoms. The second-order valence-corrected chi connectivity index (χ2v) is 6.29. The fourth-order valence-corrected chi connectivity index (χ4v) is 3.86. The van der Waals surface area contributed by atoms with Crippen molar-refractivity contribution in [3.63, 3.8) is 0 Å². The number of fused-ring (bicyclic) bond motifs is 3. The molecule has 0 amide bonds. The lowest BCUT2D eigenvalue weighted by Crippen LogP contribution is -2.57. The molecule has 0 aliphatic carbocycles. The third-order valence-electron chi connectivity index (χ3n) is 5.13. The normalized spacial score (nSPS) is 31.3. The van der Waals surface area contributed by atoms with E-state index in [1.807, 2.05) is 24.5 Å². The van der Waals surface area contributed by atoms with E-state index in [2.05, 4.69) is 34.1 Å². The Morgan fingerprint density at radius 3 is 2.14 bits per heavy atom. The van der Waals surface area contributed by atoms with Crippen LogP contribution in [0.25, 0.3) is 11.1 Å². The van der Waals surface area contributed by atoms with E-state index in [4.69, 9.17) is 0 Å². The Hall–Kier alpha value is -1.71. The average Bonchev–Trinajstić information content (AvgIpc) is 2.57. The largest absolute Gasteiger partial charge is 0.384 e. The molecule has 3 nitrogen and oxygen atoms in total. The Bertz CT molecular complexity index is 617. The van der Waals surface area contributed by atoms with E-state index in [9.17, 15) is 5.11 Å². The van der Waals surface area contributed by atoms with Crippen LogP contribution in [-0.2, 0) is 5.60 Å². The second kappa shape index (κ2) is 4.93. The molecule has 1 aromatic carbocycles. The number of piperidine rings is 3. The standard InChI is InChI=1S/C18H20N2O/c21-18(13-20-11-7-17(18)8-12-20)16-3-1-14(2-4-16)15-5-9-19-10-6-15/h1-6,9-10,17,21H,7-8,11-13H2/t18-/m1/s1. The monoisotopic (exact) mass is 280 g/mol. The first-order valence-electron chi connectivity index (χ1n) is 7.71. The smallest absolute Gasteiger partial charge is 0.105 e. The van der Waals surface area contributed by atoms with Crippen molar-refractivity contribution in [2.24, 2.45) is 5.92 Å². The molecule has 2 aromatic rings. The quantitative estimate of drug-likeness (QED) is 0.919. The number of rotatable bonds is 2. The summed E-state index contributed by atoms with van der Waals surface area (Å²) in [6.07, 6.45) is 5.85. The zero-order valence-corrected chi connectivity index (χ0v) is 12.1. The van der Waals surface area contributed by atoms with Crippen LogP contribution in [0.5, 0.6) is 0 Å². The van der Waals surface area contributed by atoms with Gasteiger partial charge in [0.25, 0.3) is 0 Å². The van der Waals surface area contributed by atoms with Crippen molar-refractivity contribution in [1.82, 2.24) is 9.88 Å². The zero-order valence-electron chi connectivity index (χ0n) is 12.1. The van der Waals surface area contributed by atoms with Crippen LogP contribution in [0.1, 0.15) is 18.4 Å². The third kappa shape index (κ3) is 2.17. The van der Waals surface area contributed by atoms with Crippen LogP contribution in [0.2, 0.25) is 0 Å². The van der Waals surface area contributed by atoms with Crippen molar-refractivity contribution >= 4 is 0 Å². The first-order chi connectivity index (χ1) is 10.3. The average molecular weight is 280 g/mol. The predicted molar refractivity (Wildman–Crippen MR) is 82.7 cm³/mol. The summed E-state index contributed by atoms with van der Waals surface area (Å²) in [5, 5.41) is 11.1. The van der Waals surface area contributed by atoms with Crippen molar-refractivity contribution in [3.8, 4) is 11.1 Å². The summed E-state index contributed by atoms with van der Waals surface area (Å²) in [4.78, 5) is 6.44. The maximum atomic E-state index is 11.1. The lowest BCUT2D eigenvalue weighted by molar-refractivity contribution is -0.117. The highest BCUT2D eigenvalue weighted by atomic mass is 16.3. The molecule has 108 valence electrons. The molecule has 0 radical (unpaired) electrons. The fraction of sp³-hybridized carbons (Fsp3) is 0.389.